The quantitative estimate of drug-likeness (QED) is 0.733. The van der Waals surface area contributed by atoms with Crippen molar-refractivity contribution in [3.05, 3.63) is 23.8 Å². The number of nitrogens with zero attached hydrogens (tertiary/aromatic N) is 2. The molecular weight excluding hydrogens is 176 g/mol. The molecule has 0 aromatic carbocycles. The molecule has 0 spiro atoms. The van der Waals surface area contributed by atoms with E-state index < -0.39 is 0 Å². The predicted octanol–water partition coefficient (Wildman–Crippen LogP) is 2.14. The summed E-state index contributed by atoms with van der Waals surface area (Å²) in [5.41, 5.74) is 0.984. The molecule has 1 aliphatic carbocycles. The minimum atomic E-state index is 0.0657. The van der Waals surface area contributed by atoms with E-state index in [9.17, 15) is 0 Å². The Balaban J connectivity index is 2.08. The van der Waals surface area contributed by atoms with Gasteiger partial charge in [-0.05, 0) is 31.7 Å². The van der Waals surface area contributed by atoms with Gasteiger partial charge >= 0.3 is 0 Å². The van der Waals surface area contributed by atoms with Gasteiger partial charge in [0.15, 0.2) is 0 Å². The van der Waals surface area contributed by atoms with Crippen molar-refractivity contribution in [3.8, 4) is 0 Å². The van der Waals surface area contributed by atoms with Gasteiger partial charge in [0.1, 0.15) is 5.82 Å². The molecule has 0 amide bonds. The van der Waals surface area contributed by atoms with E-state index in [1.165, 1.54) is 12.8 Å². The maximum absolute atomic E-state index is 5.22. The Bertz CT molecular complexity index is 310. The molecule has 1 atom stereocenters. The van der Waals surface area contributed by atoms with E-state index in [1.54, 1.807) is 7.11 Å². The van der Waals surface area contributed by atoms with Crippen LogP contribution in [0.2, 0.25) is 0 Å². The molecule has 1 fully saturated rings. The summed E-state index contributed by atoms with van der Waals surface area (Å²) < 4.78 is 5.22. The second kappa shape index (κ2) is 4.05. The van der Waals surface area contributed by atoms with Gasteiger partial charge in [-0.15, -0.1) is 0 Å². The highest BCUT2D eigenvalue weighted by Gasteiger charge is 2.23. The third kappa shape index (κ3) is 2.29. The number of ether oxygens (including phenoxy) is 1. The molecule has 1 aliphatic rings. The minimum Gasteiger partial charge on any atom is -0.375 e. The monoisotopic (exact) mass is 192 g/mol. The molecule has 2 rings (SSSR count). The Labute approximate surface area is 84.5 Å². The smallest absolute Gasteiger partial charge is 0.128 e. The number of aromatic nitrogens is 2. The zero-order valence-corrected chi connectivity index (χ0v) is 8.73. The topological polar surface area (TPSA) is 35.0 Å². The Morgan fingerprint density at radius 3 is 3.00 bits per heavy atom. The number of rotatable bonds is 4. The van der Waals surface area contributed by atoms with Gasteiger partial charge in [0.2, 0.25) is 0 Å². The van der Waals surface area contributed by atoms with Crippen LogP contribution in [-0.4, -0.2) is 17.1 Å². The molecule has 3 nitrogen and oxygen atoms in total. The van der Waals surface area contributed by atoms with Crippen molar-refractivity contribution < 1.29 is 4.74 Å². The first kappa shape index (κ1) is 9.59. The van der Waals surface area contributed by atoms with Crippen LogP contribution in [0.1, 0.15) is 37.4 Å². The summed E-state index contributed by atoms with van der Waals surface area (Å²) in [6.07, 6.45) is 5.61. The first-order valence-electron chi connectivity index (χ1n) is 5.14. The molecule has 1 unspecified atom stereocenters. The van der Waals surface area contributed by atoms with Crippen molar-refractivity contribution in [2.75, 3.05) is 7.11 Å². The molecule has 0 N–H and O–H groups in total. The Kier molecular flexibility index (Phi) is 2.77. The molecule has 1 saturated carbocycles. The summed E-state index contributed by atoms with van der Waals surface area (Å²) in [6.45, 7) is 2.00. The lowest BCUT2D eigenvalue weighted by Crippen LogP contribution is -2.04. The summed E-state index contributed by atoms with van der Waals surface area (Å²) in [5.74, 6) is 1.80. The molecule has 1 aromatic heterocycles. The standard InChI is InChI=1S/C11H16N2O/c1-8(14-2)10-5-6-12-11(13-10)7-9-3-4-9/h5-6,8-9H,3-4,7H2,1-2H3. The molecule has 0 saturated heterocycles. The third-order valence-corrected chi connectivity index (χ3v) is 2.67. The van der Waals surface area contributed by atoms with Crippen LogP contribution in [0.5, 0.6) is 0 Å². The van der Waals surface area contributed by atoms with Crippen LogP contribution in [0.25, 0.3) is 0 Å². The Hall–Kier alpha value is -0.960. The van der Waals surface area contributed by atoms with E-state index in [2.05, 4.69) is 9.97 Å². The maximum atomic E-state index is 5.22. The van der Waals surface area contributed by atoms with Crippen molar-refractivity contribution in [2.24, 2.45) is 5.92 Å². The molecule has 0 bridgehead atoms. The van der Waals surface area contributed by atoms with Gasteiger partial charge in [-0.2, -0.15) is 0 Å². The first-order valence-corrected chi connectivity index (χ1v) is 5.14. The average Bonchev–Trinajstić information content (AvgIpc) is 3.01. The molecule has 14 heavy (non-hydrogen) atoms. The lowest BCUT2D eigenvalue weighted by Gasteiger charge is -2.09. The van der Waals surface area contributed by atoms with Crippen LogP contribution in [0.4, 0.5) is 0 Å². The largest absolute Gasteiger partial charge is 0.375 e. The van der Waals surface area contributed by atoms with Crippen LogP contribution in [0, 0.1) is 5.92 Å². The zero-order valence-electron chi connectivity index (χ0n) is 8.73. The van der Waals surface area contributed by atoms with Gasteiger partial charge in [0, 0.05) is 19.7 Å². The second-order valence-electron chi connectivity index (χ2n) is 3.92. The molecular formula is C11H16N2O. The number of methoxy groups -OCH3 is 1. The highest BCUT2D eigenvalue weighted by atomic mass is 16.5. The minimum absolute atomic E-state index is 0.0657. The van der Waals surface area contributed by atoms with Crippen molar-refractivity contribution in [3.63, 3.8) is 0 Å². The summed E-state index contributed by atoms with van der Waals surface area (Å²) >= 11 is 0. The summed E-state index contributed by atoms with van der Waals surface area (Å²) in [7, 11) is 1.70. The molecule has 76 valence electrons. The van der Waals surface area contributed by atoms with Gasteiger partial charge in [0.05, 0.1) is 11.8 Å². The van der Waals surface area contributed by atoms with Gasteiger partial charge in [-0.1, -0.05) is 0 Å². The van der Waals surface area contributed by atoms with Crippen molar-refractivity contribution in [2.45, 2.75) is 32.3 Å². The summed E-state index contributed by atoms with van der Waals surface area (Å²) in [4.78, 5) is 8.76. The number of hydrogen-bond donors (Lipinski definition) is 0. The van der Waals surface area contributed by atoms with E-state index in [0.717, 1.165) is 23.9 Å². The highest BCUT2D eigenvalue weighted by Crippen LogP contribution is 2.31. The summed E-state index contributed by atoms with van der Waals surface area (Å²) in [6, 6.07) is 1.92. The average molecular weight is 192 g/mol. The lowest BCUT2D eigenvalue weighted by atomic mass is 10.2. The summed E-state index contributed by atoms with van der Waals surface area (Å²) in [5, 5.41) is 0. The van der Waals surface area contributed by atoms with Gasteiger partial charge in [0.25, 0.3) is 0 Å². The van der Waals surface area contributed by atoms with E-state index >= 15 is 0 Å². The van der Waals surface area contributed by atoms with Crippen LogP contribution < -0.4 is 0 Å². The second-order valence-corrected chi connectivity index (χ2v) is 3.92. The van der Waals surface area contributed by atoms with Gasteiger partial charge in [-0.25, -0.2) is 9.97 Å². The Morgan fingerprint density at radius 2 is 2.36 bits per heavy atom. The van der Waals surface area contributed by atoms with Crippen molar-refractivity contribution >= 4 is 0 Å². The van der Waals surface area contributed by atoms with E-state index in [-0.39, 0.29) is 6.10 Å². The van der Waals surface area contributed by atoms with E-state index in [4.69, 9.17) is 4.74 Å². The van der Waals surface area contributed by atoms with Crippen LogP contribution >= 0.6 is 0 Å². The maximum Gasteiger partial charge on any atom is 0.128 e. The number of hydrogen-bond acceptors (Lipinski definition) is 3. The normalized spacial score (nSPS) is 18.1. The fourth-order valence-electron chi connectivity index (χ4n) is 1.44. The van der Waals surface area contributed by atoms with E-state index in [1.807, 2.05) is 19.2 Å². The Morgan fingerprint density at radius 1 is 1.57 bits per heavy atom. The lowest BCUT2D eigenvalue weighted by molar-refractivity contribution is 0.115. The van der Waals surface area contributed by atoms with Crippen molar-refractivity contribution in [1.29, 1.82) is 0 Å². The molecule has 3 heteroatoms. The SMILES string of the molecule is COC(C)c1ccnc(CC2CC2)n1. The molecule has 0 radical (unpaired) electrons. The fraction of sp³-hybridized carbons (Fsp3) is 0.636. The van der Waals surface area contributed by atoms with Gasteiger partial charge < -0.3 is 4.74 Å². The first-order chi connectivity index (χ1) is 6.79. The van der Waals surface area contributed by atoms with Gasteiger partial charge in [-0.3, -0.25) is 0 Å². The zero-order chi connectivity index (χ0) is 9.97. The molecule has 1 aromatic rings. The van der Waals surface area contributed by atoms with Crippen molar-refractivity contribution in [1.82, 2.24) is 9.97 Å². The van der Waals surface area contributed by atoms with E-state index in [0.29, 0.717) is 0 Å². The molecule has 1 heterocycles. The highest BCUT2D eigenvalue weighted by molar-refractivity contribution is 5.06. The van der Waals surface area contributed by atoms with Crippen LogP contribution in [0.15, 0.2) is 12.3 Å². The fourth-order valence-corrected chi connectivity index (χ4v) is 1.44. The van der Waals surface area contributed by atoms with Crippen LogP contribution in [-0.2, 0) is 11.2 Å². The van der Waals surface area contributed by atoms with Crippen LogP contribution in [0.3, 0.4) is 0 Å². The molecule has 0 aliphatic heterocycles. The predicted molar refractivity (Wildman–Crippen MR) is 53.9 cm³/mol. The third-order valence-electron chi connectivity index (χ3n) is 2.67.